The van der Waals surface area contributed by atoms with E-state index in [-0.39, 0.29) is 7.53 Å². The summed E-state index contributed by atoms with van der Waals surface area (Å²) in [7, 11) is -0.0157. The molecule has 1 atom stereocenters. The van der Waals surface area contributed by atoms with Crippen molar-refractivity contribution in [1.29, 1.82) is 0 Å². The number of rotatable bonds is 2. The molecule has 0 N–H and O–H groups in total. The fourth-order valence-corrected chi connectivity index (χ4v) is 3.13. The molecule has 1 aromatic heterocycles. The summed E-state index contributed by atoms with van der Waals surface area (Å²) in [6, 6.07) is 12.9. The summed E-state index contributed by atoms with van der Waals surface area (Å²) >= 11 is 0. The summed E-state index contributed by atoms with van der Waals surface area (Å²) in [5, 5.41) is 1.59. The van der Waals surface area contributed by atoms with Crippen molar-refractivity contribution < 1.29 is 0 Å². The third-order valence-electron chi connectivity index (χ3n) is 2.07. The average Bonchev–Trinajstić information content (AvgIpc) is 2.28. The maximum absolute atomic E-state index is 2.36. The van der Waals surface area contributed by atoms with E-state index in [0.29, 0.717) is 0 Å². The second kappa shape index (κ2) is 5.83. The van der Waals surface area contributed by atoms with Gasteiger partial charge in [-0.2, -0.15) is 0 Å². The quantitative estimate of drug-likeness (QED) is 0.652. The van der Waals surface area contributed by atoms with Gasteiger partial charge in [0.25, 0.3) is 0 Å². The fourth-order valence-electron chi connectivity index (χ4n) is 1.33. The highest BCUT2D eigenvalue weighted by atomic mass is 31.1. The van der Waals surface area contributed by atoms with Crippen LogP contribution in [0.15, 0.2) is 42.2 Å². The topological polar surface area (TPSA) is 0 Å². The molecule has 0 spiro atoms. The zero-order valence-corrected chi connectivity index (χ0v) is 9.30. The van der Waals surface area contributed by atoms with Crippen LogP contribution in [0, 0.1) is 0 Å². The van der Waals surface area contributed by atoms with Crippen LogP contribution in [-0.4, -0.2) is 0 Å². The molecule has 0 aliphatic rings. The first-order chi connectivity index (χ1) is 6.38. The molecule has 1 rings (SSSR count). The van der Waals surface area contributed by atoms with Gasteiger partial charge in [-0.25, -0.2) is 0 Å². The number of hydrogen-bond donors (Lipinski definition) is 0. The molecule has 0 nitrogen and oxygen atoms in total. The van der Waals surface area contributed by atoms with Crippen LogP contribution in [0.3, 0.4) is 0 Å². The monoisotopic (exact) mass is 192 g/mol. The van der Waals surface area contributed by atoms with E-state index >= 15 is 0 Å². The summed E-state index contributed by atoms with van der Waals surface area (Å²) < 4.78 is 0. The first kappa shape index (κ1) is 10.3. The minimum Gasteiger partial charge on any atom is -0.122 e. The normalized spacial score (nSPS) is 10.8. The van der Waals surface area contributed by atoms with Crippen molar-refractivity contribution in [2.24, 2.45) is 0 Å². The molecule has 0 bridgehead atoms. The van der Waals surface area contributed by atoms with Crippen molar-refractivity contribution in [2.45, 2.75) is 26.4 Å². The zero-order chi connectivity index (χ0) is 9.52. The minimum atomic E-state index is -0.0157. The lowest BCUT2D eigenvalue weighted by atomic mass is 10.4. The lowest BCUT2D eigenvalue weighted by Crippen LogP contribution is -1.73. The highest BCUT2D eigenvalue weighted by molar-refractivity contribution is 7.48. The molecule has 13 heavy (non-hydrogen) atoms. The molecular weight excluding hydrogens is 175 g/mol. The van der Waals surface area contributed by atoms with Crippen LogP contribution in [0.5, 0.6) is 0 Å². The molecule has 0 saturated heterocycles. The van der Waals surface area contributed by atoms with E-state index in [0.717, 1.165) is 0 Å². The molecular formula is C12H17P. The molecule has 70 valence electrons. The van der Waals surface area contributed by atoms with Gasteiger partial charge in [0.05, 0.1) is 0 Å². The van der Waals surface area contributed by atoms with Gasteiger partial charge in [-0.15, -0.1) is 7.53 Å². The van der Waals surface area contributed by atoms with E-state index in [1.165, 1.54) is 12.6 Å². The van der Waals surface area contributed by atoms with Crippen molar-refractivity contribution in [1.82, 2.24) is 0 Å². The standard InChI is InChI=1S/C12H17P/c1-3-12-10-8-6-5-7-9-11-13(12)4-2/h5-11H,3-4H2,1-2H3. The molecule has 0 fully saturated rings. The number of aryl methyl sites for hydroxylation is 2. The summed E-state index contributed by atoms with van der Waals surface area (Å²) in [4.78, 5) is 0. The Bertz CT molecular complexity index is 269. The van der Waals surface area contributed by atoms with Crippen molar-refractivity contribution in [3.05, 3.63) is 47.5 Å². The van der Waals surface area contributed by atoms with Crippen LogP contribution >= 0.6 is 7.53 Å². The molecule has 0 radical (unpaired) electrons. The number of hydrogen-bond acceptors (Lipinski definition) is 0. The Morgan fingerprint density at radius 3 is 2.38 bits per heavy atom. The van der Waals surface area contributed by atoms with Gasteiger partial charge in [-0.1, -0.05) is 50.2 Å². The maximum atomic E-state index is 2.36. The van der Waals surface area contributed by atoms with Gasteiger partial charge in [0, 0.05) is 0 Å². The molecule has 0 aromatic carbocycles. The van der Waals surface area contributed by atoms with E-state index < -0.39 is 0 Å². The lowest BCUT2D eigenvalue weighted by Gasteiger charge is -2.00. The average molecular weight is 192 g/mol. The first-order valence-electron chi connectivity index (χ1n) is 4.85. The van der Waals surface area contributed by atoms with Crippen LogP contribution in [-0.2, 0) is 12.6 Å². The third kappa shape index (κ3) is 3.24. The van der Waals surface area contributed by atoms with Gasteiger partial charge in [-0.05, 0) is 23.7 Å². The molecule has 0 aliphatic carbocycles. The molecule has 1 heterocycles. The second-order valence-electron chi connectivity index (χ2n) is 2.91. The molecule has 1 unspecified atom stereocenters. The van der Waals surface area contributed by atoms with Crippen LogP contribution in [0.2, 0.25) is 0 Å². The Balaban J connectivity index is 3.25. The van der Waals surface area contributed by atoms with Crippen LogP contribution < -0.4 is 0 Å². The van der Waals surface area contributed by atoms with E-state index in [4.69, 9.17) is 0 Å². The molecule has 1 heteroatoms. The Hall–Kier alpha value is -0.740. The van der Waals surface area contributed by atoms with Crippen LogP contribution in [0.25, 0.3) is 0 Å². The van der Waals surface area contributed by atoms with Crippen LogP contribution in [0.1, 0.15) is 19.1 Å². The largest absolute Gasteiger partial charge is 0.122 e. The van der Waals surface area contributed by atoms with Crippen molar-refractivity contribution in [3.8, 4) is 0 Å². The Morgan fingerprint density at radius 1 is 1.00 bits per heavy atom. The van der Waals surface area contributed by atoms with E-state index in [1.54, 1.807) is 5.30 Å². The van der Waals surface area contributed by atoms with E-state index in [2.05, 4.69) is 56.0 Å². The summed E-state index contributed by atoms with van der Waals surface area (Å²) in [5.41, 5.74) is 0. The van der Waals surface area contributed by atoms with Gasteiger partial charge in [-0.3, -0.25) is 0 Å². The summed E-state index contributed by atoms with van der Waals surface area (Å²) in [5.74, 6) is 2.36. The van der Waals surface area contributed by atoms with Crippen molar-refractivity contribution in [3.63, 3.8) is 0 Å². The van der Waals surface area contributed by atoms with Gasteiger partial charge >= 0.3 is 0 Å². The third-order valence-corrected chi connectivity index (χ3v) is 4.49. The summed E-state index contributed by atoms with van der Waals surface area (Å²) in [6.07, 6.45) is 2.43. The fraction of sp³-hybridized carbons (Fsp3) is 0.333. The maximum Gasteiger partial charge on any atom is -0.0167 e. The smallest absolute Gasteiger partial charge is 0.0167 e. The van der Waals surface area contributed by atoms with E-state index in [1.807, 2.05) is 0 Å². The summed E-state index contributed by atoms with van der Waals surface area (Å²) in [6.45, 7) is 4.51. The van der Waals surface area contributed by atoms with Gasteiger partial charge in [0.15, 0.2) is 0 Å². The van der Waals surface area contributed by atoms with Crippen molar-refractivity contribution >= 4 is 7.53 Å². The SMILES string of the molecule is CCc1cccccccp1CC. The first-order valence-corrected chi connectivity index (χ1v) is 6.45. The Labute approximate surface area is 82.0 Å². The predicted molar refractivity (Wildman–Crippen MR) is 61.8 cm³/mol. The Kier molecular flexibility index (Phi) is 4.64. The highest BCUT2D eigenvalue weighted by Gasteiger charge is 1.91. The van der Waals surface area contributed by atoms with E-state index in [9.17, 15) is 0 Å². The zero-order valence-electron chi connectivity index (χ0n) is 8.40. The lowest BCUT2D eigenvalue weighted by molar-refractivity contribution is 1.17. The second-order valence-corrected chi connectivity index (χ2v) is 5.35. The Morgan fingerprint density at radius 2 is 1.69 bits per heavy atom. The van der Waals surface area contributed by atoms with Gasteiger partial charge in [0.1, 0.15) is 0 Å². The molecule has 0 saturated carbocycles. The molecule has 0 aliphatic heterocycles. The van der Waals surface area contributed by atoms with Gasteiger partial charge < -0.3 is 0 Å². The molecule has 0 amide bonds. The van der Waals surface area contributed by atoms with Crippen molar-refractivity contribution in [2.75, 3.05) is 0 Å². The van der Waals surface area contributed by atoms with Gasteiger partial charge in [0.2, 0.25) is 0 Å². The van der Waals surface area contributed by atoms with Crippen LogP contribution in [0.4, 0.5) is 0 Å². The highest BCUT2D eigenvalue weighted by Crippen LogP contribution is 2.31. The molecule has 1 aromatic rings. The predicted octanol–water partition coefficient (Wildman–Crippen LogP) is 4.38. The minimum absolute atomic E-state index is 0.0157.